The highest BCUT2D eigenvalue weighted by Gasteiger charge is 2.24. The summed E-state index contributed by atoms with van der Waals surface area (Å²) in [5.74, 6) is 0.914. The van der Waals surface area contributed by atoms with Gasteiger partial charge in [-0.1, -0.05) is 12.1 Å². The predicted octanol–water partition coefficient (Wildman–Crippen LogP) is 4.36. The fourth-order valence-electron chi connectivity index (χ4n) is 2.99. The Labute approximate surface area is 160 Å². The molecule has 0 fully saturated rings. The molecule has 0 bridgehead atoms. The molecule has 0 spiro atoms. The number of carbonyl (C=O) groups is 1. The number of hydrogen-bond acceptors (Lipinski definition) is 4. The molecular weight excluding hydrogens is 340 g/mol. The quantitative estimate of drug-likeness (QED) is 0.685. The van der Waals surface area contributed by atoms with Crippen LogP contribution in [0.2, 0.25) is 0 Å². The molecule has 0 aliphatic heterocycles. The van der Waals surface area contributed by atoms with Crippen LogP contribution >= 0.6 is 0 Å². The van der Waals surface area contributed by atoms with Crippen molar-refractivity contribution < 1.29 is 14.3 Å². The number of rotatable bonds is 7. The van der Waals surface area contributed by atoms with Crippen molar-refractivity contribution in [3.63, 3.8) is 0 Å². The standard InChI is InChI=1S/C22H24N2O3/c1-6-8-17-12-18(13-20(26-4)21(17)27-5)22(25)24(15(2)3)19-10-7-9-16(11-19)14-23/h6-7,9-13,15H,1,8H2,2-5H3. The monoisotopic (exact) mass is 364 g/mol. The van der Waals surface area contributed by atoms with Crippen LogP contribution in [-0.2, 0) is 6.42 Å². The van der Waals surface area contributed by atoms with Crippen molar-refractivity contribution in [1.82, 2.24) is 0 Å². The zero-order valence-corrected chi connectivity index (χ0v) is 16.2. The first-order valence-corrected chi connectivity index (χ1v) is 8.66. The van der Waals surface area contributed by atoms with Crippen LogP contribution in [0.4, 0.5) is 5.69 Å². The molecule has 0 N–H and O–H groups in total. The van der Waals surface area contributed by atoms with Crippen molar-refractivity contribution in [2.24, 2.45) is 0 Å². The molecule has 0 aliphatic rings. The summed E-state index contributed by atoms with van der Waals surface area (Å²) < 4.78 is 10.9. The molecule has 1 amide bonds. The van der Waals surface area contributed by atoms with Crippen molar-refractivity contribution in [2.45, 2.75) is 26.3 Å². The molecule has 0 atom stereocenters. The Kier molecular flexibility index (Phi) is 6.62. The van der Waals surface area contributed by atoms with Crippen LogP contribution in [0, 0.1) is 11.3 Å². The van der Waals surface area contributed by atoms with Gasteiger partial charge in [0, 0.05) is 22.9 Å². The number of methoxy groups -OCH3 is 2. The molecular formula is C22H24N2O3. The van der Waals surface area contributed by atoms with Gasteiger partial charge in [-0.05, 0) is 50.6 Å². The topological polar surface area (TPSA) is 62.6 Å². The molecule has 0 aromatic heterocycles. The Bertz CT molecular complexity index is 882. The Morgan fingerprint density at radius 1 is 1.26 bits per heavy atom. The predicted molar refractivity (Wildman–Crippen MR) is 107 cm³/mol. The summed E-state index contributed by atoms with van der Waals surface area (Å²) in [5.41, 5.74) is 2.49. The number of nitrogens with zero attached hydrogens (tertiary/aromatic N) is 2. The molecule has 5 nitrogen and oxygen atoms in total. The zero-order chi connectivity index (χ0) is 20.0. The highest BCUT2D eigenvalue weighted by atomic mass is 16.5. The smallest absolute Gasteiger partial charge is 0.258 e. The molecule has 2 aromatic carbocycles. The number of carbonyl (C=O) groups excluding carboxylic acids is 1. The van der Waals surface area contributed by atoms with Gasteiger partial charge in [-0.3, -0.25) is 4.79 Å². The second-order valence-electron chi connectivity index (χ2n) is 6.29. The number of allylic oxidation sites excluding steroid dienone is 1. The normalized spacial score (nSPS) is 10.2. The third-order valence-corrected chi connectivity index (χ3v) is 4.16. The van der Waals surface area contributed by atoms with E-state index in [9.17, 15) is 4.79 Å². The average Bonchev–Trinajstić information content (AvgIpc) is 2.67. The zero-order valence-electron chi connectivity index (χ0n) is 16.2. The lowest BCUT2D eigenvalue weighted by atomic mass is 10.0. The van der Waals surface area contributed by atoms with Gasteiger partial charge in [0.2, 0.25) is 0 Å². The van der Waals surface area contributed by atoms with Gasteiger partial charge in [0.15, 0.2) is 11.5 Å². The fourth-order valence-corrected chi connectivity index (χ4v) is 2.99. The average molecular weight is 364 g/mol. The molecule has 2 rings (SSSR count). The first kappa shape index (κ1) is 20.1. The summed E-state index contributed by atoms with van der Waals surface area (Å²) in [4.78, 5) is 15.0. The van der Waals surface area contributed by atoms with Gasteiger partial charge in [0.1, 0.15) is 0 Å². The third-order valence-electron chi connectivity index (χ3n) is 4.16. The minimum atomic E-state index is -0.175. The van der Waals surface area contributed by atoms with Crippen LogP contribution in [0.1, 0.15) is 35.3 Å². The molecule has 0 radical (unpaired) electrons. The van der Waals surface area contributed by atoms with Gasteiger partial charge in [0.25, 0.3) is 5.91 Å². The van der Waals surface area contributed by atoms with E-state index in [1.54, 1.807) is 55.5 Å². The minimum absolute atomic E-state index is 0.0950. The Morgan fingerprint density at radius 3 is 2.56 bits per heavy atom. The summed E-state index contributed by atoms with van der Waals surface area (Å²) in [5, 5.41) is 9.17. The Hall–Kier alpha value is -3.26. The van der Waals surface area contributed by atoms with E-state index in [0.29, 0.717) is 34.7 Å². The van der Waals surface area contributed by atoms with Gasteiger partial charge in [-0.2, -0.15) is 5.26 Å². The van der Waals surface area contributed by atoms with E-state index in [1.807, 2.05) is 19.9 Å². The lowest BCUT2D eigenvalue weighted by molar-refractivity contribution is 0.0979. The summed E-state index contributed by atoms with van der Waals surface area (Å²) in [6, 6.07) is 12.5. The molecule has 0 heterocycles. The van der Waals surface area contributed by atoms with Crippen molar-refractivity contribution in [3.05, 3.63) is 65.7 Å². The fraction of sp³-hybridized carbons (Fsp3) is 0.273. The molecule has 0 aliphatic carbocycles. The number of anilines is 1. The first-order valence-electron chi connectivity index (χ1n) is 8.66. The summed E-state index contributed by atoms with van der Waals surface area (Å²) in [6.45, 7) is 7.63. The maximum absolute atomic E-state index is 13.3. The second kappa shape index (κ2) is 8.91. The van der Waals surface area contributed by atoms with Gasteiger partial charge >= 0.3 is 0 Å². The van der Waals surface area contributed by atoms with Crippen LogP contribution in [0.15, 0.2) is 49.1 Å². The minimum Gasteiger partial charge on any atom is -0.493 e. The van der Waals surface area contributed by atoms with E-state index < -0.39 is 0 Å². The van der Waals surface area contributed by atoms with E-state index in [0.717, 1.165) is 5.56 Å². The third kappa shape index (κ3) is 4.29. The van der Waals surface area contributed by atoms with Crippen molar-refractivity contribution in [2.75, 3.05) is 19.1 Å². The van der Waals surface area contributed by atoms with Gasteiger partial charge in [-0.15, -0.1) is 6.58 Å². The van der Waals surface area contributed by atoms with E-state index in [4.69, 9.17) is 14.7 Å². The lowest BCUT2D eigenvalue weighted by Gasteiger charge is -2.27. The molecule has 0 saturated heterocycles. The number of hydrogen-bond donors (Lipinski definition) is 0. The van der Waals surface area contributed by atoms with E-state index >= 15 is 0 Å². The van der Waals surface area contributed by atoms with Gasteiger partial charge < -0.3 is 14.4 Å². The molecule has 140 valence electrons. The number of benzene rings is 2. The van der Waals surface area contributed by atoms with Crippen LogP contribution in [-0.4, -0.2) is 26.2 Å². The maximum Gasteiger partial charge on any atom is 0.258 e. The molecule has 0 unspecified atom stereocenters. The molecule has 27 heavy (non-hydrogen) atoms. The van der Waals surface area contributed by atoms with Crippen LogP contribution < -0.4 is 14.4 Å². The summed E-state index contributed by atoms with van der Waals surface area (Å²) in [6.07, 6.45) is 2.30. The molecule has 0 saturated carbocycles. The molecule has 5 heteroatoms. The van der Waals surface area contributed by atoms with Crippen molar-refractivity contribution in [1.29, 1.82) is 5.26 Å². The van der Waals surface area contributed by atoms with E-state index in [-0.39, 0.29) is 11.9 Å². The molecule has 2 aromatic rings. The van der Waals surface area contributed by atoms with E-state index in [1.165, 1.54) is 0 Å². The van der Waals surface area contributed by atoms with Crippen LogP contribution in [0.5, 0.6) is 11.5 Å². The van der Waals surface area contributed by atoms with Gasteiger partial charge in [0.05, 0.1) is 25.9 Å². The number of amides is 1. The second-order valence-corrected chi connectivity index (χ2v) is 6.29. The Morgan fingerprint density at radius 2 is 2.00 bits per heavy atom. The van der Waals surface area contributed by atoms with Crippen molar-refractivity contribution in [3.8, 4) is 17.6 Å². The highest BCUT2D eigenvalue weighted by Crippen LogP contribution is 2.34. The maximum atomic E-state index is 13.3. The van der Waals surface area contributed by atoms with Crippen LogP contribution in [0.3, 0.4) is 0 Å². The highest BCUT2D eigenvalue weighted by molar-refractivity contribution is 6.07. The largest absolute Gasteiger partial charge is 0.493 e. The Balaban J connectivity index is 2.57. The first-order chi connectivity index (χ1) is 13.0. The van der Waals surface area contributed by atoms with Crippen molar-refractivity contribution >= 4 is 11.6 Å². The summed E-state index contributed by atoms with van der Waals surface area (Å²) in [7, 11) is 3.11. The number of nitriles is 1. The van der Waals surface area contributed by atoms with Crippen LogP contribution in [0.25, 0.3) is 0 Å². The number of ether oxygens (including phenoxy) is 2. The van der Waals surface area contributed by atoms with Gasteiger partial charge in [-0.25, -0.2) is 0 Å². The lowest BCUT2D eigenvalue weighted by Crippen LogP contribution is -2.37. The summed E-state index contributed by atoms with van der Waals surface area (Å²) >= 11 is 0. The van der Waals surface area contributed by atoms with E-state index in [2.05, 4.69) is 12.6 Å². The SMILES string of the molecule is C=CCc1cc(C(=O)N(c2cccc(C#N)c2)C(C)C)cc(OC)c1OC.